The van der Waals surface area contributed by atoms with Crippen LogP contribution in [-0.2, 0) is 0 Å². The third kappa shape index (κ3) is 3.16. The molecule has 0 atom stereocenters. The highest BCUT2D eigenvalue weighted by Gasteiger charge is 2.41. The first-order valence-electron chi connectivity index (χ1n) is 6.65. The van der Waals surface area contributed by atoms with Crippen molar-refractivity contribution in [2.75, 3.05) is 26.2 Å². The highest BCUT2D eigenvalue weighted by atomic mass is 19.3. The minimum Gasteiger partial charge on any atom is -0.298 e. The van der Waals surface area contributed by atoms with E-state index in [-0.39, 0.29) is 18.5 Å². The van der Waals surface area contributed by atoms with Crippen LogP contribution in [-0.4, -0.2) is 53.5 Å². The topological polar surface area (TPSA) is 6.48 Å². The zero-order valence-electron chi connectivity index (χ0n) is 11.2. The third-order valence-electron chi connectivity index (χ3n) is 4.13. The van der Waals surface area contributed by atoms with E-state index in [4.69, 9.17) is 0 Å². The number of halogens is 2. The Morgan fingerprint density at radius 1 is 1.06 bits per heavy atom. The van der Waals surface area contributed by atoms with Crippen LogP contribution < -0.4 is 0 Å². The number of rotatable bonds is 1. The Kier molecular flexibility index (Phi) is 3.47. The largest absolute Gasteiger partial charge is 0.298 e. The summed E-state index contributed by atoms with van der Waals surface area (Å²) in [6.07, 6.45) is 2.12. The van der Waals surface area contributed by atoms with Gasteiger partial charge in [0.1, 0.15) is 0 Å². The molecule has 4 heteroatoms. The predicted molar refractivity (Wildman–Crippen MR) is 65.5 cm³/mol. The van der Waals surface area contributed by atoms with Gasteiger partial charge >= 0.3 is 0 Å². The molecule has 2 aliphatic rings. The lowest BCUT2D eigenvalue weighted by Crippen LogP contribution is -2.50. The summed E-state index contributed by atoms with van der Waals surface area (Å²) in [5, 5.41) is 0. The molecule has 2 saturated heterocycles. The maximum Gasteiger partial charge on any atom is 0.261 e. The molecular weight excluding hydrogens is 222 g/mol. The van der Waals surface area contributed by atoms with Crippen LogP contribution in [0.25, 0.3) is 0 Å². The minimum atomic E-state index is -2.44. The maximum absolute atomic E-state index is 13.2. The fourth-order valence-corrected chi connectivity index (χ4v) is 2.98. The average molecular weight is 246 g/mol. The Bertz CT molecular complexity index is 265. The summed E-state index contributed by atoms with van der Waals surface area (Å²) >= 11 is 0. The van der Waals surface area contributed by atoms with Crippen molar-refractivity contribution in [2.24, 2.45) is 0 Å². The van der Waals surface area contributed by atoms with Crippen LogP contribution in [0.15, 0.2) is 0 Å². The first-order valence-corrected chi connectivity index (χ1v) is 6.65. The van der Waals surface area contributed by atoms with E-state index in [1.807, 2.05) is 4.90 Å². The maximum atomic E-state index is 13.2. The van der Waals surface area contributed by atoms with E-state index in [0.717, 1.165) is 25.9 Å². The van der Waals surface area contributed by atoms with Gasteiger partial charge in [0.2, 0.25) is 0 Å². The standard InChI is InChI=1S/C13H24F2N2/c1-12(2,3)17-7-4-11(5-8-17)16-9-6-13(14,15)10-16/h11H,4-10H2,1-3H3. The molecule has 2 nitrogen and oxygen atoms in total. The second-order valence-electron chi connectivity index (χ2n) is 6.47. The Labute approximate surface area is 103 Å². The first kappa shape index (κ1) is 13.2. The summed E-state index contributed by atoms with van der Waals surface area (Å²) in [6.45, 7) is 9.29. The minimum absolute atomic E-state index is 0.0207. The van der Waals surface area contributed by atoms with E-state index >= 15 is 0 Å². The normalized spacial score (nSPS) is 28.8. The Morgan fingerprint density at radius 2 is 1.65 bits per heavy atom. The van der Waals surface area contributed by atoms with Gasteiger partial charge in [-0.25, -0.2) is 8.78 Å². The van der Waals surface area contributed by atoms with E-state index in [1.165, 1.54) is 0 Å². The number of piperidine rings is 1. The second kappa shape index (κ2) is 4.47. The SMILES string of the molecule is CC(C)(C)N1CCC(N2CCC(F)(F)C2)CC1. The summed E-state index contributed by atoms with van der Waals surface area (Å²) < 4.78 is 26.3. The van der Waals surface area contributed by atoms with Crippen LogP contribution in [0.1, 0.15) is 40.0 Å². The van der Waals surface area contributed by atoms with Crippen molar-refractivity contribution < 1.29 is 8.78 Å². The molecule has 0 saturated carbocycles. The number of nitrogens with zero attached hydrogens (tertiary/aromatic N) is 2. The Hall–Kier alpha value is -0.220. The van der Waals surface area contributed by atoms with Crippen LogP contribution in [0, 0.1) is 0 Å². The van der Waals surface area contributed by atoms with Crippen LogP contribution in [0.3, 0.4) is 0 Å². The highest BCUT2D eigenvalue weighted by Crippen LogP contribution is 2.31. The molecular formula is C13H24F2N2. The Balaban J connectivity index is 1.84. The smallest absolute Gasteiger partial charge is 0.261 e. The molecule has 0 aliphatic carbocycles. The summed E-state index contributed by atoms with van der Waals surface area (Å²) in [5.41, 5.74) is 0.208. The zero-order valence-corrected chi connectivity index (χ0v) is 11.2. The third-order valence-corrected chi connectivity index (χ3v) is 4.13. The first-order chi connectivity index (χ1) is 7.78. The molecule has 0 aromatic carbocycles. The summed E-state index contributed by atoms with van der Waals surface area (Å²) in [5.74, 6) is -2.44. The van der Waals surface area contributed by atoms with E-state index in [0.29, 0.717) is 12.6 Å². The summed E-state index contributed by atoms with van der Waals surface area (Å²) in [7, 11) is 0. The van der Waals surface area contributed by atoms with Crippen LogP contribution in [0.5, 0.6) is 0 Å². The highest BCUT2D eigenvalue weighted by molar-refractivity contribution is 4.90. The fourth-order valence-electron chi connectivity index (χ4n) is 2.98. The quantitative estimate of drug-likeness (QED) is 0.701. The van der Waals surface area contributed by atoms with Crippen molar-refractivity contribution in [3.63, 3.8) is 0 Å². The molecule has 0 radical (unpaired) electrons. The van der Waals surface area contributed by atoms with Gasteiger partial charge in [0.15, 0.2) is 0 Å². The number of alkyl halides is 2. The van der Waals surface area contributed by atoms with Gasteiger partial charge in [0.25, 0.3) is 5.92 Å². The molecule has 100 valence electrons. The molecule has 0 spiro atoms. The van der Waals surface area contributed by atoms with Gasteiger partial charge in [-0.3, -0.25) is 9.80 Å². The molecule has 2 rings (SSSR count). The lowest BCUT2D eigenvalue weighted by atomic mass is 9.97. The average Bonchev–Trinajstić information content (AvgIpc) is 2.58. The molecule has 0 amide bonds. The Morgan fingerprint density at radius 3 is 2.06 bits per heavy atom. The van der Waals surface area contributed by atoms with E-state index in [2.05, 4.69) is 25.7 Å². The summed E-state index contributed by atoms with van der Waals surface area (Å²) in [6, 6.07) is 0.377. The van der Waals surface area contributed by atoms with Gasteiger partial charge in [0.05, 0.1) is 6.54 Å². The number of hydrogen-bond donors (Lipinski definition) is 0. The van der Waals surface area contributed by atoms with Gasteiger partial charge < -0.3 is 0 Å². The lowest BCUT2D eigenvalue weighted by Gasteiger charge is -2.43. The van der Waals surface area contributed by atoms with E-state index < -0.39 is 5.92 Å². The van der Waals surface area contributed by atoms with Crippen molar-refractivity contribution >= 4 is 0 Å². The van der Waals surface area contributed by atoms with Crippen LogP contribution >= 0.6 is 0 Å². The lowest BCUT2D eigenvalue weighted by molar-refractivity contribution is -0.000676. The second-order valence-corrected chi connectivity index (χ2v) is 6.47. The number of hydrogen-bond acceptors (Lipinski definition) is 2. The van der Waals surface area contributed by atoms with Crippen molar-refractivity contribution in [1.29, 1.82) is 0 Å². The fraction of sp³-hybridized carbons (Fsp3) is 1.00. The molecule has 17 heavy (non-hydrogen) atoms. The van der Waals surface area contributed by atoms with Gasteiger partial charge in [0, 0.05) is 37.6 Å². The van der Waals surface area contributed by atoms with Gasteiger partial charge in [-0.1, -0.05) is 0 Å². The van der Waals surface area contributed by atoms with Crippen molar-refractivity contribution in [2.45, 2.75) is 57.5 Å². The molecule has 2 aliphatic heterocycles. The van der Waals surface area contributed by atoms with Crippen molar-refractivity contribution in [3.05, 3.63) is 0 Å². The molecule has 0 unspecified atom stereocenters. The monoisotopic (exact) mass is 246 g/mol. The van der Waals surface area contributed by atoms with E-state index in [1.54, 1.807) is 0 Å². The molecule has 2 fully saturated rings. The van der Waals surface area contributed by atoms with Crippen molar-refractivity contribution in [3.8, 4) is 0 Å². The van der Waals surface area contributed by atoms with Gasteiger partial charge in [-0.2, -0.15) is 0 Å². The van der Waals surface area contributed by atoms with Gasteiger partial charge in [-0.05, 0) is 33.6 Å². The molecule has 0 aromatic heterocycles. The van der Waals surface area contributed by atoms with Crippen LogP contribution in [0.4, 0.5) is 8.78 Å². The zero-order chi connectivity index (χ0) is 12.7. The molecule has 0 N–H and O–H groups in total. The predicted octanol–water partition coefficient (Wildman–Crippen LogP) is 2.59. The van der Waals surface area contributed by atoms with Gasteiger partial charge in [-0.15, -0.1) is 0 Å². The molecule has 2 heterocycles. The number of likely N-dealkylation sites (tertiary alicyclic amines) is 2. The summed E-state index contributed by atoms with van der Waals surface area (Å²) in [4.78, 5) is 4.46. The van der Waals surface area contributed by atoms with Crippen LogP contribution in [0.2, 0.25) is 0 Å². The van der Waals surface area contributed by atoms with E-state index in [9.17, 15) is 8.78 Å². The van der Waals surface area contributed by atoms with Crippen molar-refractivity contribution in [1.82, 2.24) is 9.80 Å². The molecule has 0 bridgehead atoms. The molecule has 0 aromatic rings.